The zero-order valence-electron chi connectivity index (χ0n) is 12.1. The van der Waals surface area contributed by atoms with E-state index in [-0.39, 0.29) is 22.1 Å². The van der Waals surface area contributed by atoms with E-state index in [0.717, 1.165) is 12.1 Å². The minimum atomic E-state index is -5.05. The molecular weight excluding hydrogens is 354 g/mol. The van der Waals surface area contributed by atoms with Crippen molar-refractivity contribution in [2.45, 2.75) is 18.8 Å². The highest BCUT2D eigenvalue weighted by atomic mass is 19.4. The quantitative estimate of drug-likeness (QED) is 0.845. The Morgan fingerprint density at radius 2 is 1.72 bits per heavy atom. The topological polar surface area (TPSA) is 70.7 Å². The van der Waals surface area contributed by atoms with Gasteiger partial charge in [-0.3, -0.25) is 4.79 Å². The van der Waals surface area contributed by atoms with Gasteiger partial charge in [0, 0.05) is 11.8 Å². The number of nitrogens with zero attached hydrogens (tertiary/aromatic N) is 3. The van der Waals surface area contributed by atoms with Crippen molar-refractivity contribution >= 4 is 11.6 Å². The summed E-state index contributed by atoms with van der Waals surface area (Å²) in [4.78, 5) is 11.2. The van der Waals surface area contributed by atoms with E-state index < -0.39 is 36.1 Å². The molecule has 1 amide bonds. The van der Waals surface area contributed by atoms with Gasteiger partial charge < -0.3 is 5.32 Å². The Hall–Kier alpha value is -3.03. The van der Waals surface area contributed by atoms with Crippen LogP contribution in [0, 0.1) is 11.3 Å². The fourth-order valence-electron chi connectivity index (χ4n) is 1.88. The average molecular weight is 362 g/mol. The van der Waals surface area contributed by atoms with E-state index in [4.69, 9.17) is 5.26 Å². The maximum atomic E-state index is 13.0. The summed E-state index contributed by atoms with van der Waals surface area (Å²) in [6.07, 6.45) is -10.5. The summed E-state index contributed by atoms with van der Waals surface area (Å²) in [7, 11) is 0. The first-order valence-corrected chi connectivity index (χ1v) is 6.54. The third-order valence-corrected chi connectivity index (χ3v) is 2.93. The number of anilines is 1. The highest BCUT2D eigenvalue weighted by Crippen LogP contribution is 2.36. The van der Waals surface area contributed by atoms with Crippen LogP contribution in [0.15, 0.2) is 30.3 Å². The maximum absolute atomic E-state index is 13.0. The molecule has 0 radical (unpaired) electrons. The van der Waals surface area contributed by atoms with E-state index >= 15 is 0 Å². The molecule has 5 nitrogen and oxygen atoms in total. The lowest BCUT2D eigenvalue weighted by Crippen LogP contribution is -2.14. The molecule has 2 aromatic rings. The molecule has 11 heteroatoms. The van der Waals surface area contributed by atoms with Crippen molar-refractivity contribution in [3.8, 4) is 11.8 Å². The molecule has 0 spiro atoms. The molecule has 0 aliphatic carbocycles. The van der Waals surface area contributed by atoms with Gasteiger partial charge in [0.1, 0.15) is 12.1 Å². The van der Waals surface area contributed by atoms with Crippen LogP contribution in [0.25, 0.3) is 5.69 Å². The number of alkyl halides is 6. The molecule has 2 rings (SSSR count). The Labute approximate surface area is 136 Å². The van der Waals surface area contributed by atoms with Gasteiger partial charge in [-0.25, -0.2) is 4.68 Å². The minimum absolute atomic E-state index is 0.0807. The molecule has 0 aliphatic heterocycles. The highest BCUT2D eigenvalue weighted by Gasteiger charge is 2.42. The Bertz CT molecular complexity index is 814. The number of nitriles is 1. The Morgan fingerprint density at radius 3 is 2.20 bits per heavy atom. The predicted octanol–water partition coefficient (Wildman–Crippen LogP) is 3.76. The van der Waals surface area contributed by atoms with Crippen LogP contribution in [-0.4, -0.2) is 15.7 Å². The first kappa shape index (κ1) is 18.3. The molecule has 0 saturated heterocycles. The van der Waals surface area contributed by atoms with Crippen LogP contribution < -0.4 is 5.32 Å². The third kappa shape index (κ3) is 4.28. The summed E-state index contributed by atoms with van der Waals surface area (Å²) in [5, 5.41) is 13.6. The summed E-state index contributed by atoms with van der Waals surface area (Å²) in [5.41, 5.74) is -3.37. The minimum Gasteiger partial charge on any atom is -0.325 e. The molecule has 0 fully saturated rings. The normalized spacial score (nSPS) is 11.9. The van der Waals surface area contributed by atoms with Crippen LogP contribution in [0.4, 0.5) is 32.0 Å². The second kappa shape index (κ2) is 6.46. The van der Waals surface area contributed by atoms with Crippen molar-refractivity contribution < 1.29 is 31.1 Å². The zero-order chi connectivity index (χ0) is 18.8. The highest BCUT2D eigenvalue weighted by molar-refractivity contribution is 5.92. The van der Waals surface area contributed by atoms with Gasteiger partial charge in [0.15, 0.2) is 5.69 Å². The van der Waals surface area contributed by atoms with Crippen LogP contribution in [-0.2, 0) is 17.1 Å². The monoisotopic (exact) mass is 362 g/mol. The summed E-state index contributed by atoms with van der Waals surface area (Å²) in [6, 6.07) is 6.01. The summed E-state index contributed by atoms with van der Waals surface area (Å²) < 4.78 is 76.9. The van der Waals surface area contributed by atoms with Gasteiger partial charge in [0.05, 0.1) is 11.8 Å². The average Bonchev–Trinajstić information content (AvgIpc) is 2.93. The van der Waals surface area contributed by atoms with Crippen molar-refractivity contribution in [3.63, 3.8) is 0 Å². The lowest BCUT2D eigenvalue weighted by molar-refractivity contribution is -0.143. The van der Waals surface area contributed by atoms with Crippen LogP contribution in [0.1, 0.15) is 17.8 Å². The van der Waals surface area contributed by atoms with Crippen molar-refractivity contribution in [2.75, 3.05) is 5.32 Å². The number of aromatic nitrogens is 2. The van der Waals surface area contributed by atoms with E-state index in [9.17, 15) is 31.1 Å². The Kier molecular flexibility index (Phi) is 4.73. The van der Waals surface area contributed by atoms with Gasteiger partial charge in [-0.1, -0.05) is 0 Å². The molecule has 0 unspecified atom stereocenters. The molecule has 25 heavy (non-hydrogen) atoms. The standard InChI is InChI=1S/C14H8F6N4O/c15-13(16,17)10-7-11(14(18,19)20)24(23-10)9-3-1-8(2-4-9)22-12(25)5-6-21/h1-4,7H,5H2,(H,22,25). The van der Waals surface area contributed by atoms with Gasteiger partial charge >= 0.3 is 12.4 Å². The molecule has 0 saturated carbocycles. The van der Waals surface area contributed by atoms with Crippen LogP contribution >= 0.6 is 0 Å². The second-order valence-corrected chi connectivity index (χ2v) is 4.75. The SMILES string of the molecule is N#CCC(=O)Nc1ccc(-n2nc(C(F)(F)F)cc2C(F)(F)F)cc1. The summed E-state index contributed by atoms with van der Waals surface area (Å²) in [6.45, 7) is 0. The number of nitrogens with one attached hydrogen (secondary N) is 1. The van der Waals surface area contributed by atoms with Crippen molar-refractivity contribution in [1.29, 1.82) is 5.26 Å². The number of benzene rings is 1. The first-order valence-electron chi connectivity index (χ1n) is 6.54. The van der Waals surface area contributed by atoms with Crippen molar-refractivity contribution in [2.24, 2.45) is 0 Å². The lowest BCUT2D eigenvalue weighted by atomic mass is 10.2. The van der Waals surface area contributed by atoms with Gasteiger partial charge in [-0.2, -0.15) is 36.7 Å². The lowest BCUT2D eigenvalue weighted by Gasteiger charge is -2.11. The number of rotatable bonds is 3. The number of halogens is 6. The van der Waals surface area contributed by atoms with E-state index in [1.165, 1.54) is 12.1 Å². The molecule has 1 aromatic carbocycles. The second-order valence-electron chi connectivity index (χ2n) is 4.75. The molecule has 0 aliphatic rings. The Balaban J connectivity index is 2.39. The number of hydrogen-bond acceptors (Lipinski definition) is 3. The van der Waals surface area contributed by atoms with E-state index in [0.29, 0.717) is 0 Å². The largest absolute Gasteiger partial charge is 0.435 e. The molecule has 0 bridgehead atoms. The number of carbonyl (C=O) groups is 1. The fraction of sp³-hybridized carbons (Fsp3) is 0.214. The number of amides is 1. The van der Waals surface area contributed by atoms with E-state index in [2.05, 4.69) is 10.4 Å². The number of carbonyl (C=O) groups excluding carboxylic acids is 1. The van der Waals surface area contributed by atoms with Crippen molar-refractivity contribution in [3.05, 3.63) is 41.7 Å². The summed E-state index contributed by atoms with van der Waals surface area (Å²) >= 11 is 0. The van der Waals surface area contributed by atoms with Crippen molar-refractivity contribution in [1.82, 2.24) is 9.78 Å². The molecule has 132 valence electrons. The fourth-order valence-corrected chi connectivity index (χ4v) is 1.88. The van der Waals surface area contributed by atoms with Gasteiger partial charge in [-0.15, -0.1) is 0 Å². The van der Waals surface area contributed by atoms with E-state index in [1.807, 2.05) is 0 Å². The molecule has 0 atom stereocenters. The zero-order valence-corrected chi connectivity index (χ0v) is 12.1. The summed E-state index contributed by atoms with van der Waals surface area (Å²) in [5.74, 6) is -0.635. The van der Waals surface area contributed by atoms with Crippen LogP contribution in [0.5, 0.6) is 0 Å². The molecule has 1 heterocycles. The predicted molar refractivity (Wildman–Crippen MR) is 72.4 cm³/mol. The van der Waals surface area contributed by atoms with Gasteiger partial charge in [-0.05, 0) is 24.3 Å². The Morgan fingerprint density at radius 1 is 1.12 bits per heavy atom. The molecule has 1 N–H and O–H groups in total. The van der Waals surface area contributed by atoms with Crippen LogP contribution in [0.2, 0.25) is 0 Å². The maximum Gasteiger partial charge on any atom is 0.435 e. The third-order valence-electron chi connectivity index (χ3n) is 2.93. The van der Waals surface area contributed by atoms with Gasteiger partial charge in [0.25, 0.3) is 0 Å². The molecular formula is C14H8F6N4O. The van der Waals surface area contributed by atoms with Gasteiger partial charge in [0.2, 0.25) is 5.91 Å². The van der Waals surface area contributed by atoms with Crippen LogP contribution in [0.3, 0.4) is 0 Å². The first-order chi connectivity index (χ1) is 11.5. The number of hydrogen-bond donors (Lipinski definition) is 1. The molecule has 1 aromatic heterocycles. The smallest absolute Gasteiger partial charge is 0.325 e. The van der Waals surface area contributed by atoms with E-state index in [1.54, 1.807) is 6.07 Å².